The van der Waals surface area contributed by atoms with Crippen molar-refractivity contribution in [1.29, 1.82) is 0 Å². The monoisotopic (exact) mass is 228 g/mol. The lowest BCUT2D eigenvalue weighted by Crippen LogP contribution is -2.10. The van der Waals surface area contributed by atoms with Gasteiger partial charge in [0.05, 0.1) is 11.9 Å². The first-order chi connectivity index (χ1) is 6.83. The van der Waals surface area contributed by atoms with E-state index >= 15 is 0 Å². The lowest BCUT2D eigenvalue weighted by molar-refractivity contribution is 0.530. The molecule has 0 bridgehead atoms. The van der Waals surface area contributed by atoms with Crippen molar-refractivity contribution in [2.75, 3.05) is 0 Å². The van der Waals surface area contributed by atoms with Crippen molar-refractivity contribution < 1.29 is 0 Å². The zero-order valence-electron chi connectivity index (χ0n) is 7.59. The van der Waals surface area contributed by atoms with Crippen LogP contribution in [0.5, 0.6) is 0 Å². The second-order valence-corrected chi connectivity index (χ2v) is 3.95. The van der Waals surface area contributed by atoms with E-state index in [2.05, 4.69) is 33.9 Å². The van der Waals surface area contributed by atoms with Crippen molar-refractivity contribution in [2.24, 2.45) is 0 Å². The maximum Gasteiger partial charge on any atom is 0.166 e. The summed E-state index contributed by atoms with van der Waals surface area (Å²) in [4.78, 5) is 0. The molecule has 2 rings (SSSR count). The highest BCUT2D eigenvalue weighted by atomic mass is 35.5. The van der Waals surface area contributed by atoms with Gasteiger partial charge in [-0.3, -0.25) is 0 Å². The number of tetrazole rings is 1. The lowest BCUT2D eigenvalue weighted by atomic mass is 10.2. The van der Waals surface area contributed by atoms with Gasteiger partial charge in [0.15, 0.2) is 5.82 Å². The molecule has 14 heavy (non-hydrogen) atoms. The summed E-state index contributed by atoms with van der Waals surface area (Å²) < 4.78 is 1.75. The largest absolute Gasteiger partial charge is 0.221 e. The topological polar surface area (TPSA) is 43.6 Å². The molecule has 0 aliphatic rings. The second-order valence-electron chi connectivity index (χ2n) is 2.91. The first kappa shape index (κ1) is 9.61. The molecule has 6 heteroatoms. The molecule has 0 saturated carbocycles. The number of hydrogen-bond donors (Lipinski definition) is 0. The Morgan fingerprint density at radius 2 is 2.50 bits per heavy atom. The molecule has 0 aliphatic heterocycles. The van der Waals surface area contributed by atoms with Gasteiger partial charge in [0.1, 0.15) is 0 Å². The van der Waals surface area contributed by atoms with Crippen LogP contribution in [0.3, 0.4) is 0 Å². The number of rotatable bonds is 3. The maximum absolute atomic E-state index is 5.72. The van der Waals surface area contributed by atoms with Crippen LogP contribution in [0.4, 0.5) is 0 Å². The van der Waals surface area contributed by atoms with E-state index in [0.29, 0.717) is 11.7 Å². The molecule has 2 aromatic rings. The summed E-state index contributed by atoms with van der Waals surface area (Å²) in [5, 5.41) is 15.5. The Balaban J connectivity index is 2.31. The minimum absolute atomic E-state index is 0.144. The number of thiophene rings is 1. The second kappa shape index (κ2) is 4.06. The molecule has 0 aromatic carbocycles. The van der Waals surface area contributed by atoms with E-state index in [4.69, 9.17) is 11.6 Å². The molecule has 74 valence electrons. The molecule has 0 N–H and O–H groups in total. The summed E-state index contributed by atoms with van der Waals surface area (Å²) in [6.07, 6.45) is 0. The van der Waals surface area contributed by atoms with Crippen molar-refractivity contribution in [3.8, 4) is 0 Å². The van der Waals surface area contributed by atoms with Gasteiger partial charge in [-0.05, 0) is 39.7 Å². The molecule has 0 radical (unpaired) electrons. The highest BCUT2D eigenvalue weighted by Gasteiger charge is 2.13. The van der Waals surface area contributed by atoms with Crippen LogP contribution in [0.15, 0.2) is 16.8 Å². The molecule has 0 amide bonds. The average Bonchev–Trinajstić information content (AvgIpc) is 2.87. The lowest BCUT2D eigenvalue weighted by Gasteiger charge is -2.10. The minimum atomic E-state index is 0.144. The van der Waals surface area contributed by atoms with Crippen LogP contribution in [0.2, 0.25) is 0 Å². The summed E-state index contributed by atoms with van der Waals surface area (Å²) >= 11 is 7.38. The molecule has 1 atom stereocenters. The third kappa shape index (κ3) is 1.65. The normalized spacial score (nSPS) is 13.0. The third-order valence-corrected chi connectivity index (χ3v) is 3.01. The number of halogens is 1. The predicted octanol–water partition coefficient (Wildman–Crippen LogP) is 2.08. The zero-order valence-corrected chi connectivity index (χ0v) is 9.16. The van der Waals surface area contributed by atoms with E-state index in [1.165, 1.54) is 5.56 Å². The zero-order chi connectivity index (χ0) is 9.97. The van der Waals surface area contributed by atoms with E-state index in [1.807, 2.05) is 5.38 Å². The molecule has 0 aliphatic carbocycles. The minimum Gasteiger partial charge on any atom is -0.221 e. The SMILES string of the molecule is CC(c1ccsc1)n1nnnc1CCl. The van der Waals surface area contributed by atoms with Gasteiger partial charge < -0.3 is 0 Å². The Bertz CT molecular complexity index is 397. The van der Waals surface area contributed by atoms with Crippen LogP contribution < -0.4 is 0 Å². The number of alkyl halides is 1. The van der Waals surface area contributed by atoms with Crippen LogP contribution >= 0.6 is 22.9 Å². The highest BCUT2D eigenvalue weighted by Crippen LogP contribution is 2.20. The van der Waals surface area contributed by atoms with E-state index in [9.17, 15) is 0 Å². The van der Waals surface area contributed by atoms with Gasteiger partial charge in [0.25, 0.3) is 0 Å². The molecule has 0 saturated heterocycles. The Labute approximate surface area is 90.5 Å². The van der Waals surface area contributed by atoms with Gasteiger partial charge in [-0.2, -0.15) is 11.3 Å². The Hall–Kier alpha value is -0.940. The van der Waals surface area contributed by atoms with Gasteiger partial charge in [0.2, 0.25) is 0 Å². The highest BCUT2D eigenvalue weighted by molar-refractivity contribution is 7.07. The van der Waals surface area contributed by atoms with E-state index in [0.717, 1.165) is 0 Å². The standard InChI is InChI=1S/C8H9ClN4S/c1-6(7-2-3-14-5-7)13-8(4-9)10-11-12-13/h2-3,5-6H,4H2,1H3. The number of aromatic nitrogens is 4. The molecule has 1 unspecified atom stereocenters. The first-order valence-electron chi connectivity index (χ1n) is 4.17. The van der Waals surface area contributed by atoms with Crippen LogP contribution in [0, 0.1) is 0 Å². The van der Waals surface area contributed by atoms with Crippen LogP contribution in [0.25, 0.3) is 0 Å². The number of hydrogen-bond acceptors (Lipinski definition) is 4. The van der Waals surface area contributed by atoms with E-state index in [-0.39, 0.29) is 6.04 Å². The van der Waals surface area contributed by atoms with Crippen LogP contribution in [-0.4, -0.2) is 20.2 Å². The maximum atomic E-state index is 5.72. The summed E-state index contributed by atoms with van der Waals surface area (Å²) in [5.74, 6) is 1.03. The Morgan fingerprint density at radius 1 is 1.64 bits per heavy atom. The van der Waals surface area contributed by atoms with Crippen molar-refractivity contribution in [1.82, 2.24) is 20.2 Å². The van der Waals surface area contributed by atoms with Crippen LogP contribution in [-0.2, 0) is 5.88 Å². The fourth-order valence-corrected chi connectivity index (χ4v) is 2.18. The Kier molecular flexibility index (Phi) is 2.79. The fraction of sp³-hybridized carbons (Fsp3) is 0.375. The molecule has 0 fully saturated rings. The van der Waals surface area contributed by atoms with Gasteiger partial charge >= 0.3 is 0 Å². The molecule has 0 spiro atoms. The van der Waals surface area contributed by atoms with Gasteiger partial charge in [-0.1, -0.05) is 0 Å². The van der Waals surface area contributed by atoms with E-state index < -0.39 is 0 Å². The van der Waals surface area contributed by atoms with Crippen molar-refractivity contribution >= 4 is 22.9 Å². The quantitative estimate of drug-likeness (QED) is 0.756. The predicted molar refractivity (Wildman–Crippen MR) is 55.5 cm³/mol. The van der Waals surface area contributed by atoms with Gasteiger partial charge in [-0.25, -0.2) is 4.68 Å². The van der Waals surface area contributed by atoms with Crippen LogP contribution in [0.1, 0.15) is 24.4 Å². The van der Waals surface area contributed by atoms with Crippen molar-refractivity contribution in [3.05, 3.63) is 28.2 Å². The smallest absolute Gasteiger partial charge is 0.166 e. The number of nitrogens with zero attached hydrogens (tertiary/aromatic N) is 4. The molecule has 2 aromatic heterocycles. The summed E-state index contributed by atoms with van der Waals surface area (Å²) in [7, 11) is 0. The fourth-order valence-electron chi connectivity index (χ4n) is 1.26. The molecule has 2 heterocycles. The molecular weight excluding hydrogens is 220 g/mol. The summed E-state index contributed by atoms with van der Waals surface area (Å²) in [6, 6.07) is 2.21. The van der Waals surface area contributed by atoms with Crippen molar-refractivity contribution in [2.45, 2.75) is 18.8 Å². The third-order valence-electron chi connectivity index (χ3n) is 2.07. The van der Waals surface area contributed by atoms with E-state index in [1.54, 1.807) is 16.0 Å². The first-order valence-corrected chi connectivity index (χ1v) is 5.65. The molecular formula is C8H9ClN4S. The summed E-state index contributed by atoms with van der Waals surface area (Å²) in [5.41, 5.74) is 1.20. The Morgan fingerprint density at radius 3 is 3.14 bits per heavy atom. The van der Waals surface area contributed by atoms with Gasteiger partial charge in [0, 0.05) is 0 Å². The van der Waals surface area contributed by atoms with Gasteiger partial charge in [-0.15, -0.1) is 16.7 Å². The van der Waals surface area contributed by atoms with Crippen molar-refractivity contribution in [3.63, 3.8) is 0 Å². The molecule has 4 nitrogen and oxygen atoms in total. The average molecular weight is 229 g/mol. The summed E-state index contributed by atoms with van der Waals surface area (Å²) in [6.45, 7) is 2.05.